The van der Waals surface area contributed by atoms with E-state index >= 15 is 0 Å². The molecule has 4 amide bonds. The van der Waals surface area contributed by atoms with Crippen LogP contribution in [-0.2, 0) is 31.5 Å². The molecule has 4 aromatic rings. The lowest BCUT2D eigenvalue weighted by atomic mass is 10.0. The molecule has 2 saturated carbocycles. The highest BCUT2D eigenvalue weighted by Gasteiger charge is 2.63. The van der Waals surface area contributed by atoms with Gasteiger partial charge in [-0.3, -0.25) is 28.6 Å². The number of carbonyl (C=O) groups excluding carboxylic acids is 4. The first-order valence-corrected chi connectivity index (χ1v) is 20.6. The van der Waals surface area contributed by atoms with E-state index in [1.165, 1.54) is 21.7 Å². The fourth-order valence-electron chi connectivity index (χ4n) is 7.86. The number of hydrogen-bond donors (Lipinski definition) is 3. The van der Waals surface area contributed by atoms with E-state index < -0.39 is 73.9 Å². The highest BCUT2D eigenvalue weighted by molar-refractivity contribution is 7.91. The smallest absolute Gasteiger partial charge is 0.272 e. The van der Waals surface area contributed by atoms with E-state index in [1.54, 1.807) is 32.3 Å². The lowest BCUT2D eigenvalue weighted by molar-refractivity contribution is -0.141. The van der Waals surface area contributed by atoms with Gasteiger partial charge >= 0.3 is 0 Å². The minimum atomic E-state index is -4.01. The molecule has 8 rings (SSSR count). The second kappa shape index (κ2) is 14.3. The van der Waals surface area contributed by atoms with E-state index in [0.717, 1.165) is 23.6 Å². The van der Waals surface area contributed by atoms with Crippen LogP contribution in [0.5, 0.6) is 5.88 Å². The number of carbonyl (C=O) groups is 4. The van der Waals surface area contributed by atoms with Crippen molar-refractivity contribution >= 4 is 55.3 Å². The molecule has 14 nitrogen and oxygen atoms in total. The molecule has 3 fully saturated rings. The minimum Gasteiger partial charge on any atom is -0.472 e. The van der Waals surface area contributed by atoms with Gasteiger partial charge in [-0.1, -0.05) is 43.2 Å². The number of ether oxygens (including phenoxy) is 1. The number of hydrogen-bond acceptors (Lipinski definition) is 9. The van der Waals surface area contributed by atoms with Crippen LogP contribution in [0.1, 0.15) is 75.2 Å². The van der Waals surface area contributed by atoms with Gasteiger partial charge in [-0.15, -0.1) is 0 Å². The zero-order chi connectivity index (χ0) is 39.4. The topological polar surface area (TPSA) is 182 Å². The predicted octanol–water partition coefficient (Wildman–Crippen LogP) is 3.80. The summed E-state index contributed by atoms with van der Waals surface area (Å²) in [6.07, 6.45) is 8.74. The number of pyridine rings is 1. The first-order chi connectivity index (χ1) is 26.8. The molecule has 0 radical (unpaired) electrons. The molecule has 2 aromatic carbocycles. The normalized spacial score (nSPS) is 26.9. The van der Waals surface area contributed by atoms with Crippen LogP contribution in [0.25, 0.3) is 21.7 Å². The number of aryl methyl sites for hydroxylation is 1. The maximum absolute atomic E-state index is 14.6. The Labute approximate surface area is 323 Å². The summed E-state index contributed by atoms with van der Waals surface area (Å²) in [5.74, 6) is -3.27. The first kappa shape index (κ1) is 37.5. The summed E-state index contributed by atoms with van der Waals surface area (Å²) in [5.41, 5.74) is -1.05. The van der Waals surface area contributed by atoms with Gasteiger partial charge in [-0.05, 0) is 75.1 Å². The molecule has 2 aliphatic carbocycles. The number of sulfonamides is 1. The Balaban J connectivity index is 1.13. The van der Waals surface area contributed by atoms with Crippen molar-refractivity contribution < 1.29 is 36.7 Å². The third kappa shape index (κ3) is 7.10. The van der Waals surface area contributed by atoms with Crippen molar-refractivity contribution in [3.05, 3.63) is 78.4 Å². The minimum absolute atomic E-state index is 0.00967. The summed E-state index contributed by atoms with van der Waals surface area (Å²) in [7, 11) is -2.34. The van der Waals surface area contributed by atoms with Crippen LogP contribution in [0.15, 0.2) is 66.9 Å². The number of allylic oxidation sites excluding steroid dienone is 1. The number of aromatic nitrogens is 3. The van der Waals surface area contributed by atoms with E-state index in [1.807, 2.05) is 36.4 Å². The number of amides is 4. The summed E-state index contributed by atoms with van der Waals surface area (Å²) in [6, 6.07) is 11.1. The van der Waals surface area contributed by atoms with Crippen LogP contribution in [0.4, 0.5) is 4.39 Å². The van der Waals surface area contributed by atoms with Crippen molar-refractivity contribution in [3.8, 4) is 5.88 Å². The molecule has 5 atom stereocenters. The third-order valence-corrected chi connectivity index (χ3v) is 13.8. The first-order valence-electron chi connectivity index (χ1n) is 19.1. The van der Waals surface area contributed by atoms with Gasteiger partial charge < -0.3 is 20.3 Å². The standard InChI is InChI=1S/C40H44FN7O7S/c1-39(17-18-39)56(53,54)46-38(52)40-22-24(40)10-6-4-3-5-7-13-31(42-34(49)30-16-19-47(2)45-30)37(51)48-23-26(21-33(48)35(50)44-40)55-36-29-12-9-8-11-27(29)28-15-14-25(41)20-32(28)43-36/h6,8-12,14-16,19-20,24,26,31,33H,3-5,7,13,17-18,21-23H2,1-2H3,(H,42,49)(H,44,50)(H,46,52)/b10-6-/t24-,26-,31+,33+,40-/m1/s1. The zero-order valence-electron chi connectivity index (χ0n) is 31.2. The van der Waals surface area contributed by atoms with Crippen LogP contribution in [-0.4, -0.2) is 86.7 Å². The molecule has 0 spiro atoms. The zero-order valence-corrected chi connectivity index (χ0v) is 32.0. The number of rotatable bonds is 7. The summed E-state index contributed by atoms with van der Waals surface area (Å²) in [6.45, 7) is 1.51. The Bertz CT molecular complexity index is 2400. The number of nitrogens with one attached hydrogen (secondary N) is 3. The lowest BCUT2D eigenvalue weighted by Gasteiger charge is -2.30. The van der Waals surface area contributed by atoms with Crippen molar-refractivity contribution in [1.29, 1.82) is 0 Å². The molecular weight excluding hydrogens is 742 g/mol. The van der Waals surface area contributed by atoms with Crippen molar-refractivity contribution in [3.63, 3.8) is 0 Å². The second-order valence-electron chi connectivity index (χ2n) is 15.7. The Morgan fingerprint density at radius 3 is 2.57 bits per heavy atom. The Morgan fingerprint density at radius 2 is 1.82 bits per heavy atom. The lowest BCUT2D eigenvalue weighted by Crippen LogP contribution is -2.58. The number of halogens is 1. The van der Waals surface area contributed by atoms with Crippen LogP contribution < -0.4 is 20.1 Å². The summed E-state index contributed by atoms with van der Waals surface area (Å²) >= 11 is 0. The molecule has 4 heterocycles. The average Bonchev–Trinajstić information content (AvgIpc) is 3.97. The van der Waals surface area contributed by atoms with E-state index in [4.69, 9.17) is 4.74 Å². The van der Waals surface area contributed by atoms with Gasteiger partial charge in [0.05, 0.1) is 16.8 Å². The third-order valence-electron chi connectivity index (χ3n) is 11.6. The maximum atomic E-state index is 14.6. The largest absolute Gasteiger partial charge is 0.472 e. The van der Waals surface area contributed by atoms with Gasteiger partial charge in [-0.2, -0.15) is 5.10 Å². The van der Waals surface area contributed by atoms with Crippen LogP contribution in [0.3, 0.4) is 0 Å². The number of fused-ring (bicyclic) bond motifs is 5. The molecule has 0 bridgehead atoms. The summed E-state index contributed by atoms with van der Waals surface area (Å²) < 4.78 is 49.9. The Hall–Kier alpha value is -5.38. The highest BCUT2D eigenvalue weighted by Crippen LogP contribution is 2.47. The van der Waals surface area contributed by atoms with Gasteiger partial charge in [-0.25, -0.2) is 17.8 Å². The molecule has 1 saturated heterocycles. The number of nitrogens with zero attached hydrogens (tertiary/aromatic N) is 4. The molecule has 3 N–H and O–H groups in total. The predicted molar refractivity (Wildman–Crippen MR) is 204 cm³/mol. The van der Waals surface area contributed by atoms with Gasteiger partial charge in [0.2, 0.25) is 27.7 Å². The molecule has 4 aliphatic rings. The van der Waals surface area contributed by atoms with Crippen molar-refractivity contribution in [2.75, 3.05) is 6.54 Å². The molecular formula is C40H44FN7O7S. The molecule has 2 aromatic heterocycles. The Kier molecular flexibility index (Phi) is 9.58. The average molecular weight is 786 g/mol. The van der Waals surface area contributed by atoms with E-state index in [0.29, 0.717) is 43.0 Å². The maximum Gasteiger partial charge on any atom is 0.272 e. The molecule has 56 heavy (non-hydrogen) atoms. The SMILES string of the molecule is Cn1ccc(C(=O)N[C@H]2CCCCC/C=C\[C@@H]3C[C@@]3(C(=O)NS(=O)(=O)C3(C)CC3)NC(=O)[C@@H]3C[C@@H](Oc4nc5cc(F)ccc5c5ccccc45)CN3C2=O)n1. The molecule has 2 aliphatic heterocycles. The highest BCUT2D eigenvalue weighted by atomic mass is 32.2. The monoisotopic (exact) mass is 785 g/mol. The van der Waals surface area contributed by atoms with E-state index in [9.17, 15) is 32.0 Å². The fraction of sp³-hybridized carbons (Fsp3) is 0.450. The van der Waals surface area contributed by atoms with Crippen LogP contribution >= 0.6 is 0 Å². The Morgan fingerprint density at radius 1 is 1.04 bits per heavy atom. The quantitative estimate of drug-likeness (QED) is 0.186. The van der Waals surface area contributed by atoms with Crippen molar-refractivity contribution in [1.82, 2.24) is 35.0 Å². The second-order valence-corrected chi connectivity index (χ2v) is 17.9. The molecule has 0 unspecified atom stereocenters. The van der Waals surface area contributed by atoms with Crippen LogP contribution in [0, 0.1) is 11.7 Å². The summed E-state index contributed by atoms with van der Waals surface area (Å²) in [4.78, 5) is 62.4. The van der Waals surface area contributed by atoms with E-state index in [2.05, 4.69) is 25.4 Å². The van der Waals surface area contributed by atoms with Gasteiger partial charge in [0.1, 0.15) is 35.2 Å². The van der Waals surface area contributed by atoms with Crippen molar-refractivity contribution in [2.24, 2.45) is 13.0 Å². The van der Waals surface area contributed by atoms with Crippen LogP contribution in [0.2, 0.25) is 0 Å². The molecule has 294 valence electrons. The van der Waals surface area contributed by atoms with Gasteiger partial charge in [0, 0.05) is 42.4 Å². The van der Waals surface area contributed by atoms with Gasteiger partial charge in [0.25, 0.3) is 11.8 Å². The van der Waals surface area contributed by atoms with Gasteiger partial charge in [0.15, 0.2) is 0 Å². The molecule has 16 heteroatoms. The fourth-order valence-corrected chi connectivity index (χ4v) is 9.17. The summed E-state index contributed by atoms with van der Waals surface area (Å²) in [5, 5.41) is 12.1. The van der Waals surface area contributed by atoms with E-state index in [-0.39, 0.29) is 31.0 Å². The van der Waals surface area contributed by atoms with Crippen molar-refractivity contribution in [2.45, 2.75) is 93.2 Å². The number of benzene rings is 2.